The van der Waals surface area contributed by atoms with E-state index in [1.807, 2.05) is 57.6 Å². The molecule has 0 aliphatic rings. The Labute approximate surface area is 317 Å². The van der Waals surface area contributed by atoms with Gasteiger partial charge in [-0.25, -0.2) is 0 Å². The first-order valence-electron chi connectivity index (χ1n) is 19.7. The van der Waals surface area contributed by atoms with Gasteiger partial charge in [0.15, 0.2) is 6.10 Å². The van der Waals surface area contributed by atoms with Crippen molar-refractivity contribution in [2.24, 2.45) is 0 Å². The van der Waals surface area contributed by atoms with Crippen LogP contribution in [-0.2, 0) is 32.7 Å². The molecule has 0 fully saturated rings. The number of unbranched alkanes of at least 4 members (excludes halogenated alkanes) is 12. The predicted molar refractivity (Wildman–Crippen MR) is 213 cm³/mol. The van der Waals surface area contributed by atoms with E-state index in [0.29, 0.717) is 23.9 Å². The number of phosphoric acid groups is 1. The number of rotatable bonds is 34. The van der Waals surface area contributed by atoms with Gasteiger partial charge in [0.05, 0.1) is 27.7 Å². The number of ether oxygens (including phenoxy) is 2. The summed E-state index contributed by atoms with van der Waals surface area (Å²) in [6.45, 7) is 3.96. The number of phosphoric ester groups is 1. The number of carbonyl (C=O) groups is 2. The first kappa shape index (κ1) is 49.5. The number of nitrogens with zero attached hydrogens (tertiary/aromatic N) is 1. The third-order valence-corrected chi connectivity index (χ3v) is 8.80. The summed E-state index contributed by atoms with van der Waals surface area (Å²) < 4.78 is 33.7. The van der Waals surface area contributed by atoms with E-state index in [0.717, 1.165) is 70.6 Å². The van der Waals surface area contributed by atoms with Crippen LogP contribution in [0.25, 0.3) is 0 Å². The number of carbonyl (C=O) groups excluding carboxylic acids is 2. The molecule has 0 bridgehead atoms. The number of hydrogen-bond acceptors (Lipinski definition) is 8. The maximum atomic E-state index is 12.6. The molecule has 0 aromatic heterocycles. The van der Waals surface area contributed by atoms with E-state index < -0.39 is 32.5 Å². The first-order valence-corrected chi connectivity index (χ1v) is 21.2. The lowest BCUT2D eigenvalue weighted by Crippen LogP contribution is -2.37. The van der Waals surface area contributed by atoms with Crippen LogP contribution in [-0.4, -0.2) is 70.0 Å². The standard InChI is InChI=1S/C42H72NO8P/c1-6-8-10-12-14-16-18-20-21-23-24-26-28-30-32-34-41(44)48-38-40(39-50-52(46,47)49-37-36-43(3,4)5)51-42(45)35-33-31-29-27-25-22-19-17-15-13-11-9-7-2/h9,11,13-20,22,25,40H,6-8,10,12,21,23-24,26-39H2,1-5H3/b11-9+,15-13+,16-14+,19-17+,20-18+,25-22+. The summed E-state index contributed by atoms with van der Waals surface area (Å²) in [5, 5.41) is 0. The van der Waals surface area contributed by atoms with Crippen molar-refractivity contribution in [2.75, 3.05) is 47.5 Å². The fourth-order valence-corrected chi connectivity index (χ4v) is 5.44. The summed E-state index contributed by atoms with van der Waals surface area (Å²) in [6, 6.07) is 0. The average molecular weight is 750 g/mol. The quantitative estimate of drug-likeness (QED) is 0.0210. The summed E-state index contributed by atoms with van der Waals surface area (Å²) in [5.41, 5.74) is 0. The van der Waals surface area contributed by atoms with E-state index in [1.54, 1.807) is 0 Å². The lowest BCUT2D eigenvalue weighted by Gasteiger charge is -2.28. The molecule has 2 unspecified atom stereocenters. The van der Waals surface area contributed by atoms with Gasteiger partial charge in [-0.2, -0.15) is 0 Å². The molecule has 10 heteroatoms. The van der Waals surface area contributed by atoms with E-state index in [9.17, 15) is 19.0 Å². The highest BCUT2D eigenvalue weighted by molar-refractivity contribution is 7.45. The third kappa shape index (κ3) is 37.2. The van der Waals surface area contributed by atoms with E-state index in [-0.39, 0.29) is 26.1 Å². The van der Waals surface area contributed by atoms with Crippen molar-refractivity contribution in [3.8, 4) is 0 Å². The number of esters is 2. The molecule has 0 aromatic rings. The van der Waals surface area contributed by atoms with E-state index >= 15 is 0 Å². The monoisotopic (exact) mass is 749 g/mol. The topological polar surface area (TPSA) is 111 Å². The van der Waals surface area contributed by atoms with Crippen LogP contribution in [0.2, 0.25) is 0 Å². The van der Waals surface area contributed by atoms with Gasteiger partial charge in [0.25, 0.3) is 7.82 Å². The second kappa shape index (κ2) is 34.2. The molecule has 0 saturated carbocycles. The van der Waals surface area contributed by atoms with Crippen LogP contribution in [0.1, 0.15) is 129 Å². The van der Waals surface area contributed by atoms with Crippen molar-refractivity contribution in [2.45, 2.75) is 136 Å². The zero-order valence-electron chi connectivity index (χ0n) is 33.2. The van der Waals surface area contributed by atoms with Gasteiger partial charge in [0.1, 0.15) is 19.8 Å². The fraction of sp³-hybridized carbons (Fsp3) is 0.667. The van der Waals surface area contributed by atoms with Crippen LogP contribution in [0.15, 0.2) is 72.9 Å². The Kier molecular flexibility index (Phi) is 32.6. The van der Waals surface area contributed by atoms with Gasteiger partial charge in [-0.15, -0.1) is 0 Å². The zero-order valence-corrected chi connectivity index (χ0v) is 34.1. The van der Waals surface area contributed by atoms with E-state index in [1.165, 1.54) is 19.3 Å². The SMILES string of the molecule is CC/C=C/C=C/C=C/C=C/CCCCCC(=O)OC(COC(=O)CCCCCCCC/C=C/C=C/CCCCC)COP(=O)([O-])OCC[N+](C)(C)C. The largest absolute Gasteiger partial charge is 0.756 e. The van der Waals surface area contributed by atoms with E-state index in [2.05, 4.69) is 50.3 Å². The molecule has 9 nitrogen and oxygen atoms in total. The van der Waals surface area contributed by atoms with Crippen molar-refractivity contribution in [3.05, 3.63) is 72.9 Å². The van der Waals surface area contributed by atoms with Crippen molar-refractivity contribution in [1.29, 1.82) is 0 Å². The fourth-order valence-electron chi connectivity index (χ4n) is 4.71. The molecule has 0 radical (unpaired) electrons. The molecule has 0 amide bonds. The van der Waals surface area contributed by atoms with E-state index in [4.69, 9.17) is 18.5 Å². The van der Waals surface area contributed by atoms with Crippen molar-refractivity contribution in [1.82, 2.24) is 0 Å². The maximum absolute atomic E-state index is 12.6. The molecule has 0 N–H and O–H groups in total. The Hall–Kier alpha value is -2.55. The van der Waals surface area contributed by atoms with Crippen molar-refractivity contribution < 1.29 is 42.1 Å². The molecular formula is C42H72NO8P. The van der Waals surface area contributed by atoms with Gasteiger partial charge in [-0.3, -0.25) is 14.2 Å². The molecule has 0 aliphatic heterocycles. The average Bonchev–Trinajstić information content (AvgIpc) is 3.09. The summed E-state index contributed by atoms with van der Waals surface area (Å²) >= 11 is 0. The molecular weight excluding hydrogens is 677 g/mol. The number of quaternary nitrogens is 1. The highest BCUT2D eigenvalue weighted by Gasteiger charge is 2.21. The Balaban J connectivity index is 4.52. The van der Waals surface area contributed by atoms with Gasteiger partial charge in [0, 0.05) is 12.8 Å². The minimum absolute atomic E-state index is 0.0449. The molecule has 0 aromatic carbocycles. The molecule has 2 atom stereocenters. The van der Waals surface area contributed by atoms with Crippen LogP contribution in [0, 0.1) is 0 Å². The predicted octanol–water partition coefficient (Wildman–Crippen LogP) is 10.0. The highest BCUT2D eigenvalue weighted by atomic mass is 31.2. The minimum atomic E-state index is -4.64. The van der Waals surface area contributed by atoms with Crippen LogP contribution >= 0.6 is 7.82 Å². The van der Waals surface area contributed by atoms with Gasteiger partial charge in [-0.1, -0.05) is 132 Å². The van der Waals surface area contributed by atoms with Gasteiger partial charge >= 0.3 is 11.9 Å². The number of allylic oxidation sites excluding steroid dienone is 12. The molecule has 0 saturated heterocycles. The summed E-state index contributed by atoms with van der Waals surface area (Å²) in [4.78, 5) is 37.4. The molecule has 0 rings (SSSR count). The van der Waals surface area contributed by atoms with Crippen molar-refractivity contribution >= 4 is 19.8 Å². The van der Waals surface area contributed by atoms with Crippen LogP contribution in [0.5, 0.6) is 0 Å². The first-order chi connectivity index (χ1) is 25.0. The molecule has 52 heavy (non-hydrogen) atoms. The third-order valence-electron chi connectivity index (χ3n) is 7.83. The summed E-state index contributed by atoms with van der Waals surface area (Å²) in [6.07, 6.45) is 40.7. The Morgan fingerprint density at radius 1 is 0.615 bits per heavy atom. The van der Waals surface area contributed by atoms with Crippen LogP contribution < -0.4 is 4.89 Å². The van der Waals surface area contributed by atoms with Crippen molar-refractivity contribution in [3.63, 3.8) is 0 Å². The molecule has 0 aliphatic carbocycles. The Morgan fingerprint density at radius 2 is 1.10 bits per heavy atom. The normalized spacial score (nSPS) is 14.5. The molecule has 0 heterocycles. The van der Waals surface area contributed by atoms with Crippen LogP contribution in [0.3, 0.4) is 0 Å². The Bertz CT molecular complexity index is 1120. The lowest BCUT2D eigenvalue weighted by atomic mass is 10.1. The second-order valence-corrected chi connectivity index (χ2v) is 15.4. The summed E-state index contributed by atoms with van der Waals surface area (Å²) in [5.74, 6) is -0.904. The molecule has 298 valence electrons. The van der Waals surface area contributed by atoms with Gasteiger partial charge in [0.2, 0.25) is 0 Å². The van der Waals surface area contributed by atoms with Gasteiger partial charge in [-0.05, 0) is 57.8 Å². The second-order valence-electron chi connectivity index (χ2n) is 14.0. The summed E-state index contributed by atoms with van der Waals surface area (Å²) in [7, 11) is 1.11. The smallest absolute Gasteiger partial charge is 0.306 e. The van der Waals surface area contributed by atoms with Crippen LogP contribution in [0.4, 0.5) is 0 Å². The zero-order chi connectivity index (χ0) is 38.6. The number of hydrogen-bond donors (Lipinski definition) is 0. The number of likely N-dealkylation sites (N-methyl/N-ethyl adjacent to an activating group) is 1. The Morgan fingerprint density at radius 3 is 1.67 bits per heavy atom. The lowest BCUT2D eigenvalue weighted by molar-refractivity contribution is -0.870. The highest BCUT2D eigenvalue weighted by Crippen LogP contribution is 2.38. The molecule has 0 spiro atoms. The van der Waals surface area contributed by atoms with Gasteiger partial charge < -0.3 is 27.9 Å². The minimum Gasteiger partial charge on any atom is -0.756 e. The maximum Gasteiger partial charge on any atom is 0.306 e.